The number of aliphatic imine (C=N–C) groups is 1. The van der Waals surface area contributed by atoms with Crippen LogP contribution in [-0.2, 0) is 33.5 Å². The lowest BCUT2D eigenvalue weighted by Gasteiger charge is -2.38. The van der Waals surface area contributed by atoms with E-state index >= 15 is 0 Å². The highest BCUT2D eigenvalue weighted by atomic mass is 16.5. The molecule has 5 unspecified atom stereocenters. The van der Waals surface area contributed by atoms with Gasteiger partial charge < -0.3 is 46.3 Å². The predicted octanol–water partition coefficient (Wildman–Crippen LogP) is 1.01. The van der Waals surface area contributed by atoms with Crippen molar-refractivity contribution in [2.45, 2.75) is 102 Å². The fourth-order valence-electron chi connectivity index (χ4n) is 6.37. The Bertz CT molecular complexity index is 1520. The maximum atomic E-state index is 13.5. The summed E-state index contributed by atoms with van der Waals surface area (Å²) in [6.45, 7) is 7.03. The Morgan fingerprint density at radius 3 is 2.14 bits per heavy atom. The first-order valence-electron chi connectivity index (χ1n) is 19.2. The highest BCUT2D eigenvalue weighted by Crippen LogP contribution is 2.26. The van der Waals surface area contributed by atoms with E-state index in [0.717, 1.165) is 32.2 Å². The molecule has 17 nitrogen and oxygen atoms in total. The molecule has 6 amide bonds. The molecule has 0 bridgehead atoms. The number of amidine groups is 1. The average molecular weight is 784 g/mol. The number of piperidine rings is 1. The first kappa shape index (κ1) is 46.8. The smallest absolute Gasteiger partial charge is 0.343 e. The minimum atomic E-state index is -0.656. The van der Waals surface area contributed by atoms with E-state index in [1.807, 2.05) is 30.1 Å². The summed E-state index contributed by atoms with van der Waals surface area (Å²) in [7, 11) is 5.06. The number of esters is 1. The van der Waals surface area contributed by atoms with Gasteiger partial charge in [-0.2, -0.15) is 4.99 Å². The Kier molecular flexibility index (Phi) is 20.9. The number of amides is 6. The summed E-state index contributed by atoms with van der Waals surface area (Å²) >= 11 is 0. The average Bonchev–Trinajstić information content (AvgIpc) is 3.86. The van der Waals surface area contributed by atoms with Gasteiger partial charge in [0.15, 0.2) is 0 Å². The van der Waals surface area contributed by atoms with E-state index in [0.29, 0.717) is 38.6 Å². The van der Waals surface area contributed by atoms with Gasteiger partial charge in [-0.1, -0.05) is 35.9 Å². The van der Waals surface area contributed by atoms with Crippen LogP contribution in [-0.4, -0.2) is 140 Å². The van der Waals surface area contributed by atoms with Crippen LogP contribution < -0.4 is 27.0 Å². The lowest BCUT2D eigenvalue weighted by Crippen LogP contribution is -2.58. The van der Waals surface area contributed by atoms with E-state index < -0.39 is 30.3 Å². The molecule has 56 heavy (non-hydrogen) atoms. The molecule has 1 aromatic rings. The monoisotopic (exact) mass is 783 g/mol. The second-order valence-corrected chi connectivity index (χ2v) is 14.0. The predicted molar refractivity (Wildman–Crippen MR) is 212 cm³/mol. The van der Waals surface area contributed by atoms with E-state index in [4.69, 9.17) is 10.5 Å². The minimum Gasteiger partial charge on any atom is -0.461 e. The Labute approximate surface area is 330 Å². The second-order valence-electron chi connectivity index (χ2n) is 14.0. The van der Waals surface area contributed by atoms with Gasteiger partial charge >= 0.3 is 12.0 Å². The van der Waals surface area contributed by atoms with Crippen LogP contribution >= 0.6 is 0 Å². The van der Waals surface area contributed by atoms with E-state index in [1.165, 1.54) is 24.9 Å². The van der Waals surface area contributed by atoms with Gasteiger partial charge in [0, 0.05) is 27.2 Å². The van der Waals surface area contributed by atoms with Crippen LogP contribution in [0.5, 0.6) is 0 Å². The minimum absolute atomic E-state index is 0.0206. The van der Waals surface area contributed by atoms with Gasteiger partial charge in [-0.15, -0.1) is 0 Å². The molecule has 6 N–H and O–H groups in total. The Morgan fingerprint density at radius 1 is 0.911 bits per heavy atom. The molecule has 3 aliphatic rings. The molecule has 0 radical (unpaired) electrons. The van der Waals surface area contributed by atoms with Crippen molar-refractivity contribution in [1.29, 1.82) is 0 Å². The van der Waals surface area contributed by atoms with Crippen molar-refractivity contribution in [2.75, 3.05) is 47.3 Å². The Balaban J connectivity index is 0.000000403. The van der Waals surface area contributed by atoms with Crippen molar-refractivity contribution in [2.24, 2.45) is 10.7 Å². The number of likely N-dealkylation sites (tertiary alicyclic amines) is 3. The third-order valence-corrected chi connectivity index (χ3v) is 9.36. The number of carbonyl (C=O) groups is 7. The molecule has 3 aliphatic heterocycles. The van der Waals surface area contributed by atoms with Crippen LogP contribution in [0.25, 0.3) is 0 Å². The summed E-state index contributed by atoms with van der Waals surface area (Å²) in [6.07, 6.45) is 8.17. The number of rotatable bonds is 12. The standard InChI is InChI=1S/C24H38N4O6.C8H15N5O2.C7H8/c1-16(15-29)25-22(31)18-8-4-5-12-28(18)23(32)19-9-7-13-27(19)21(30)14-17(2)34-24(33)20-10-6-11-26(20)3;1-10-4-3-6(9)13-8(15)12-5-7(14)11-2;1-7-5-3-2-4-6-7/h15-20H,4-14H2,1-3H3,(H,25,31);3-4,10H,5H2,1-2H3,(H,11,14)(H3,9,12,13,15);2-6H,1H3/b;4-3-;. The number of ether oxygens (including phenoxy) is 1. The summed E-state index contributed by atoms with van der Waals surface area (Å²) in [6, 6.07) is 7.47. The van der Waals surface area contributed by atoms with Crippen molar-refractivity contribution in [3.63, 3.8) is 0 Å². The van der Waals surface area contributed by atoms with Gasteiger partial charge in [0.1, 0.15) is 36.4 Å². The number of carbonyl (C=O) groups excluding carboxylic acids is 7. The number of nitrogens with one attached hydrogen (secondary N) is 4. The highest BCUT2D eigenvalue weighted by molar-refractivity contribution is 6.00. The van der Waals surface area contributed by atoms with E-state index in [1.54, 1.807) is 30.7 Å². The summed E-state index contributed by atoms with van der Waals surface area (Å²) in [4.78, 5) is 92.9. The number of hydrogen-bond donors (Lipinski definition) is 5. The van der Waals surface area contributed by atoms with E-state index in [9.17, 15) is 33.6 Å². The maximum Gasteiger partial charge on any atom is 0.343 e. The Hall–Kier alpha value is -5.32. The van der Waals surface area contributed by atoms with Crippen LogP contribution in [0.15, 0.2) is 47.6 Å². The zero-order valence-electron chi connectivity index (χ0n) is 33.6. The molecular formula is C39H61N9O8. The van der Waals surface area contributed by atoms with Gasteiger partial charge in [0.2, 0.25) is 23.6 Å². The zero-order chi connectivity index (χ0) is 41.6. The van der Waals surface area contributed by atoms with Crippen molar-refractivity contribution in [1.82, 2.24) is 36.0 Å². The second kappa shape index (κ2) is 25.0. The number of benzene rings is 1. The zero-order valence-corrected chi connectivity index (χ0v) is 33.6. The number of aryl methyl sites for hydroxylation is 1. The molecule has 0 aliphatic carbocycles. The molecule has 3 saturated heterocycles. The lowest BCUT2D eigenvalue weighted by atomic mass is 9.99. The summed E-state index contributed by atoms with van der Waals surface area (Å²) in [5.74, 6) is -1.33. The SMILES string of the molecule is CC(C=O)NC(=O)C1CCCCN1C(=O)C1CCCN1C(=O)CC(C)OC(=O)C1CCCN1C.CN/C=C\C(N)=N/C(=O)NCC(=O)NC.Cc1ccccc1. The molecule has 0 saturated carbocycles. The molecule has 0 spiro atoms. The third-order valence-electron chi connectivity index (χ3n) is 9.36. The maximum absolute atomic E-state index is 13.5. The number of nitrogens with zero attached hydrogens (tertiary/aromatic N) is 4. The summed E-state index contributed by atoms with van der Waals surface area (Å²) in [5.41, 5.74) is 6.68. The Morgan fingerprint density at radius 2 is 1.55 bits per heavy atom. The molecular weight excluding hydrogens is 722 g/mol. The third kappa shape index (κ3) is 16.2. The lowest BCUT2D eigenvalue weighted by molar-refractivity contribution is -0.156. The fourth-order valence-corrected chi connectivity index (χ4v) is 6.37. The van der Waals surface area contributed by atoms with Crippen LogP contribution in [0.4, 0.5) is 4.79 Å². The van der Waals surface area contributed by atoms with Gasteiger partial charge in [-0.25, -0.2) is 4.79 Å². The quantitative estimate of drug-likeness (QED) is 0.0871. The molecule has 0 aromatic heterocycles. The number of nitrogens with two attached hydrogens (primary N) is 1. The molecule has 3 fully saturated rings. The molecule has 17 heteroatoms. The number of hydrogen-bond acceptors (Lipinski definition) is 10. The van der Waals surface area contributed by atoms with E-state index in [-0.39, 0.29) is 54.4 Å². The first-order chi connectivity index (χ1) is 26.7. The first-order valence-corrected chi connectivity index (χ1v) is 19.2. The van der Waals surface area contributed by atoms with Crippen molar-refractivity contribution in [3.05, 3.63) is 48.2 Å². The van der Waals surface area contributed by atoms with Gasteiger partial charge in [-0.3, -0.25) is 28.9 Å². The molecule has 310 valence electrons. The van der Waals surface area contributed by atoms with Crippen molar-refractivity contribution >= 4 is 47.8 Å². The summed E-state index contributed by atoms with van der Waals surface area (Å²) in [5, 5.41) is 9.96. The number of aldehydes is 1. The molecule has 3 heterocycles. The van der Waals surface area contributed by atoms with Crippen LogP contribution in [0, 0.1) is 6.92 Å². The molecule has 5 atom stereocenters. The summed E-state index contributed by atoms with van der Waals surface area (Å²) < 4.78 is 5.54. The molecule has 1 aromatic carbocycles. The highest BCUT2D eigenvalue weighted by Gasteiger charge is 2.41. The largest absolute Gasteiger partial charge is 0.461 e. The number of urea groups is 1. The van der Waals surface area contributed by atoms with Gasteiger partial charge in [0.25, 0.3) is 0 Å². The number of likely N-dealkylation sites (N-methyl/N-ethyl adjacent to an activating group) is 2. The van der Waals surface area contributed by atoms with Gasteiger partial charge in [-0.05, 0) is 91.6 Å². The van der Waals surface area contributed by atoms with E-state index in [2.05, 4.69) is 45.3 Å². The normalized spacial score (nSPS) is 20.6. The van der Waals surface area contributed by atoms with Gasteiger partial charge in [0.05, 0.1) is 19.0 Å². The fraction of sp³-hybridized carbons (Fsp3) is 0.590. The van der Waals surface area contributed by atoms with Crippen LogP contribution in [0.2, 0.25) is 0 Å². The van der Waals surface area contributed by atoms with Crippen molar-refractivity contribution in [3.8, 4) is 0 Å². The van der Waals surface area contributed by atoms with Crippen LogP contribution in [0.1, 0.15) is 70.8 Å². The van der Waals surface area contributed by atoms with Crippen LogP contribution in [0.3, 0.4) is 0 Å². The van der Waals surface area contributed by atoms with Crippen molar-refractivity contribution < 1.29 is 38.3 Å². The molecule has 4 rings (SSSR count). The topological polar surface area (TPSA) is 225 Å².